The van der Waals surface area contributed by atoms with E-state index < -0.39 is 11.9 Å². The molecule has 1 fully saturated rings. The van der Waals surface area contributed by atoms with Crippen LogP contribution in [-0.4, -0.2) is 41.9 Å². The number of urea groups is 1. The summed E-state index contributed by atoms with van der Waals surface area (Å²) in [4.78, 5) is 38.5. The van der Waals surface area contributed by atoms with Crippen molar-refractivity contribution in [3.05, 3.63) is 29.8 Å². The molecular formula is C20H30N4O3. The Morgan fingerprint density at radius 2 is 2.07 bits per heavy atom. The molecule has 1 aliphatic rings. The minimum absolute atomic E-state index is 0.0317. The fourth-order valence-electron chi connectivity index (χ4n) is 3.30. The van der Waals surface area contributed by atoms with E-state index in [4.69, 9.17) is 5.73 Å². The van der Waals surface area contributed by atoms with Crippen LogP contribution in [0.5, 0.6) is 0 Å². The summed E-state index contributed by atoms with van der Waals surface area (Å²) in [5, 5.41) is 5.66. The maximum absolute atomic E-state index is 12.6. The zero-order valence-corrected chi connectivity index (χ0v) is 16.3. The number of aryl methyl sites for hydroxylation is 1. The fraction of sp³-hybridized carbons (Fsp3) is 0.550. The number of likely N-dealkylation sites (tertiary alicyclic amines) is 1. The summed E-state index contributed by atoms with van der Waals surface area (Å²) in [6, 6.07) is 6.68. The number of anilines is 1. The lowest BCUT2D eigenvalue weighted by Crippen LogP contribution is -2.53. The summed E-state index contributed by atoms with van der Waals surface area (Å²) in [6.07, 6.45) is 2.17. The number of nitrogens with one attached hydrogen (secondary N) is 2. The third kappa shape index (κ3) is 5.70. The van der Waals surface area contributed by atoms with Gasteiger partial charge in [0.05, 0.1) is 5.92 Å². The van der Waals surface area contributed by atoms with Gasteiger partial charge < -0.3 is 21.3 Å². The summed E-state index contributed by atoms with van der Waals surface area (Å²) in [5.41, 5.74) is 7.23. The highest BCUT2D eigenvalue weighted by Crippen LogP contribution is 2.19. The smallest absolute Gasteiger partial charge is 0.321 e. The van der Waals surface area contributed by atoms with E-state index in [1.807, 2.05) is 45.0 Å². The van der Waals surface area contributed by atoms with Crippen molar-refractivity contribution in [2.75, 3.05) is 18.4 Å². The van der Waals surface area contributed by atoms with Gasteiger partial charge in [0.15, 0.2) is 0 Å². The van der Waals surface area contributed by atoms with Crippen molar-refractivity contribution in [1.82, 2.24) is 10.2 Å². The Morgan fingerprint density at radius 3 is 2.70 bits per heavy atom. The fourth-order valence-corrected chi connectivity index (χ4v) is 3.30. The number of amides is 4. The summed E-state index contributed by atoms with van der Waals surface area (Å²) < 4.78 is 0. The highest BCUT2D eigenvalue weighted by molar-refractivity contribution is 5.91. The first-order valence-electron chi connectivity index (χ1n) is 9.54. The normalized spacial score (nSPS) is 19.1. The van der Waals surface area contributed by atoms with E-state index >= 15 is 0 Å². The average Bonchev–Trinajstić information content (AvgIpc) is 2.65. The van der Waals surface area contributed by atoms with Crippen LogP contribution in [0.3, 0.4) is 0 Å². The van der Waals surface area contributed by atoms with E-state index in [-0.39, 0.29) is 23.8 Å². The number of nitrogens with two attached hydrogens (primary N) is 1. The molecule has 3 atom stereocenters. The summed E-state index contributed by atoms with van der Waals surface area (Å²) in [7, 11) is 0. The Kier molecular flexibility index (Phi) is 7.21. The number of carbonyl (C=O) groups excluding carboxylic acids is 3. The van der Waals surface area contributed by atoms with Gasteiger partial charge in [-0.1, -0.05) is 32.4 Å². The molecule has 4 amide bonds. The molecule has 0 aliphatic carbocycles. The van der Waals surface area contributed by atoms with Crippen molar-refractivity contribution in [3.63, 3.8) is 0 Å². The number of piperidine rings is 1. The zero-order valence-electron chi connectivity index (χ0n) is 16.3. The minimum atomic E-state index is -0.681. The molecule has 1 aromatic carbocycles. The molecule has 1 heterocycles. The summed E-state index contributed by atoms with van der Waals surface area (Å²) in [5.74, 6) is -1.11. The molecule has 27 heavy (non-hydrogen) atoms. The second-order valence-corrected chi connectivity index (χ2v) is 7.36. The molecule has 1 aliphatic heterocycles. The van der Waals surface area contributed by atoms with Crippen LogP contribution in [0, 0.1) is 18.8 Å². The van der Waals surface area contributed by atoms with Gasteiger partial charge in [0.2, 0.25) is 11.8 Å². The highest BCUT2D eigenvalue weighted by atomic mass is 16.2. The Morgan fingerprint density at radius 1 is 1.33 bits per heavy atom. The molecule has 2 rings (SSSR count). The quantitative estimate of drug-likeness (QED) is 0.711. The Labute approximate surface area is 160 Å². The van der Waals surface area contributed by atoms with Crippen LogP contribution < -0.4 is 16.4 Å². The topological polar surface area (TPSA) is 105 Å². The maximum Gasteiger partial charge on any atom is 0.321 e. The predicted molar refractivity (Wildman–Crippen MR) is 105 cm³/mol. The second-order valence-electron chi connectivity index (χ2n) is 7.36. The van der Waals surface area contributed by atoms with Crippen LogP contribution in [0.15, 0.2) is 24.3 Å². The van der Waals surface area contributed by atoms with Gasteiger partial charge in [0, 0.05) is 18.8 Å². The van der Waals surface area contributed by atoms with E-state index in [1.54, 1.807) is 4.90 Å². The van der Waals surface area contributed by atoms with Crippen LogP contribution in [0.25, 0.3) is 0 Å². The zero-order chi connectivity index (χ0) is 20.0. The van der Waals surface area contributed by atoms with Crippen LogP contribution in [0.2, 0.25) is 0 Å². The largest absolute Gasteiger partial charge is 0.368 e. The van der Waals surface area contributed by atoms with Crippen molar-refractivity contribution in [2.45, 2.75) is 46.1 Å². The van der Waals surface area contributed by atoms with Crippen LogP contribution >= 0.6 is 0 Å². The summed E-state index contributed by atoms with van der Waals surface area (Å²) in [6.45, 7) is 6.73. The van der Waals surface area contributed by atoms with Crippen molar-refractivity contribution >= 4 is 23.5 Å². The number of benzene rings is 1. The lowest BCUT2D eigenvalue weighted by molar-refractivity contribution is -0.131. The molecule has 4 N–H and O–H groups in total. The molecule has 7 heteroatoms. The molecule has 0 spiro atoms. The monoisotopic (exact) mass is 374 g/mol. The Balaban J connectivity index is 1.96. The number of nitrogens with zero attached hydrogens (tertiary/aromatic N) is 1. The highest BCUT2D eigenvalue weighted by Gasteiger charge is 2.31. The van der Waals surface area contributed by atoms with Crippen molar-refractivity contribution in [2.24, 2.45) is 17.6 Å². The van der Waals surface area contributed by atoms with Crippen LogP contribution in [0.1, 0.15) is 38.7 Å². The van der Waals surface area contributed by atoms with Gasteiger partial charge in [0.1, 0.15) is 6.04 Å². The lowest BCUT2D eigenvalue weighted by Gasteiger charge is -2.33. The standard InChI is InChI=1S/C20H30N4O3/c1-4-14(3)17(18(21)25)23-19(26)15-8-6-10-24(12-15)20(27)22-16-9-5-7-13(2)11-16/h5,7,9,11,14-15,17H,4,6,8,10,12H2,1-3H3,(H2,21,25)(H,22,27)(H,23,26). The molecule has 0 radical (unpaired) electrons. The first-order valence-corrected chi connectivity index (χ1v) is 9.54. The molecule has 0 saturated carbocycles. The van der Waals surface area contributed by atoms with E-state index in [2.05, 4.69) is 10.6 Å². The van der Waals surface area contributed by atoms with E-state index in [0.29, 0.717) is 19.5 Å². The lowest BCUT2D eigenvalue weighted by atomic mass is 9.94. The average molecular weight is 374 g/mol. The van der Waals surface area contributed by atoms with E-state index in [1.165, 1.54) is 0 Å². The number of rotatable bonds is 6. The van der Waals surface area contributed by atoms with Gasteiger partial charge in [-0.2, -0.15) is 0 Å². The van der Waals surface area contributed by atoms with Gasteiger partial charge in [-0.3, -0.25) is 9.59 Å². The van der Waals surface area contributed by atoms with Crippen LogP contribution in [-0.2, 0) is 9.59 Å². The van der Waals surface area contributed by atoms with E-state index in [0.717, 1.165) is 24.1 Å². The maximum atomic E-state index is 12.6. The molecule has 1 aromatic rings. The third-order valence-electron chi connectivity index (χ3n) is 5.17. The third-order valence-corrected chi connectivity index (χ3v) is 5.17. The van der Waals surface area contributed by atoms with Crippen LogP contribution in [0.4, 0.5) is 10.5 Å². The molecule has 148 valence electrons. The number of carbonyl (C=O) groups is 3. The van der Waals surface area contributed by atoms with Gasteiger partial charge in [-0.05, 0) is 43.4 Å². The predicted octanol–water partition coefficient (Wildman–Crippen LogP) is 2.26. The second kappa shape index (κ2) is 9.39. The van der Waals surface area contributed by atoms with Crippen molar-refractivity contribution in [3.8, 4) is 0 Å². The van der Waals surface area contributed by atoms with Crippen molar-refractivity contribution in [1.29, 1.82) is 0 Å². The molecular weight excluding hydrogens is 344 g/mol. The van der Waals surface area contributed by atoms with Gasteiger partial charge in [-0.15, -0.1) is 0 Å². The van der Waals surface area contributed by atoms with Gasteiger partial charge in [-0.25, -0.2) is 4.79 Å². The Hall–Kier alpha value is -2.57. The number of hydrogen-bond donors (Lipinski definition) is 3. The van der Waals surface area contributed by atoms with E-state index in [9.17, 15) is 14.4 Å². The SMILES string of the molecule is CCC(C)C(NC(=O)C1CCCN(C(=O)Nc2cccc(C)c2)C1)C(N)=O. The molecule has 0 bridgehead atoms. The molecule has 1 saturated heterocycles. The molecule has 0 aromatic heterocycles. The first-order chi connectivity index (χ1) is 12.8. The number of primary amides is 1. The van der Waals surface area contributed by atoms with Gasteiger partial charge in [0.25, 0.3) is 0 Å². The Bertz CT molecular complexity index is 692. The first kappa shape index (κ1) is 20.7. The van der Waals surface area contributed by atoms with Crippen molar-refractivity contribution < 1.29 is 14.4 Å². The number of hydrogen-bond acceptors (Lipinski definition) is 3. The summed E-state index contributed by atoms with van der Waals surface area (Å²) >= 11 is 0. The van der Waals surface area contributed by atoms with Gasteiger partial charge >= 0.3 is 6.03 Å². The molecule has 7 nitrogen and oxygen atoms in total. The minimum Gasteiger partial charge on any atom is -0.368 e. The molecule has 3 unspecified atom stereocenters.